The molecule has 0 heterocycles. The fourth-order valence-electron chi connectivity index (χ4n) is 4.37. The topological polar surface area (TPSA) is 26.3 Å². The molecular formula is C16H22O2. The normalized spacial score (nSPS) is 44.7. The summed E-state index contributed by atoms with van der Waals surface area (Å²) in [5.74, 6) is 2.14. The molecule has 0 bridgehead atoms. The van der Waals surface area contributed by atoms with E-state index in [0.29, 0.717) is 28.7 Å². The summed E-state index contributed by atoms with van der Waals surface area (Å²) in [6.45, 7) is 8.70. The number of rotatable bonds is 2. The summed E-state index contributed by atoms with van der Waals surface area (Å²) in [6, 6.07) is 0. The van der Waals surface area contributed by atoms with Gasteiger partial charge in [0.25, 0.3) is 0 Å². The van der Waals surface area contributed by atoms with Crippen LogP contribution >= 0.6 is 0 Å². The first-order chi connectivity index (χ1) is 8.49. The zero-order valence-electron chi connectivity index (χ0n) is 11.5. The largest absolute Gasteiger partial charge is 0.466 e. The molecule has 0 radical (unpaired) electrons. The van der Waals surface area contributed by atoms with E-state index in [1.54, 1.807) is 5.57 Å². The third-order valence-electron chi connectivity index (χ3n) is 5.65. The second-order valence-electron chi connectivity index (χ2n) is 6.57. The van der Waals surface area contributed by atoms with Crippen molar-refractivity contribution < 1.29 is 9.53 Å². The van der Waals surface area contributed by atoms with Gasteiger partial charge in [0.2, 0.25) is 0 Å². The highest BCUT2D eigenvalue weighted by Gasteiger charge is 2.62. The molecule has 0 amide bonds. The van der Waals surface area contributed by atoms with Gasteiger partial charge in [-0.3, -0.25) is 0 Å². The standard InChI is InChI=1S/C16H22O2/c1-9-5-6-13-11(9)7-12(10(2)15(17)18-4)14-8-16(13,14)3/h6,9,11-12,14H,2,5,7-8H2,1,3-4H3/t9-,11+,12-,14-,16+/m1/s1. The maximum atomic E-state index is 11.7. The summed E-state index contributed by atoms with van der Waals surface area (Å²) in [6.07, 6.45) is 6.00. The van der Waals surface area contributed by atoms with E-state index in [1.165, 1.54) is 20.0 Å². The predicted molar refractivity (Wildman–Crippen MR) is 70.8 cm³/mol. The number of ether oxygens (including phenoxy) is 1. The van der Waals surface area contributed by atoms with Crippen molar-refractivity contribution in [2.75, 3.05) is 7.11 Å². The van der Waals surface area contributed by atoms with Crippen molar-refractivity contribution in [1.29, 1.82) is 0 Å². The lowest BCUT2D eigenvalue weighted by atomic mass is 9.69. The fourth-order valence-corrected chi connectivity index (χ4v) is 4.37. The molecule has 5 atom stereocenters. The van der Waals surface area contributed by atoms with E-state index in [4.69, 9.17) is 4.74 Å². The van der Waals surface area contributed by atoms with Gasteiger partial charge in [-0.2, -0.15) is 0 Å². The van der Waals surface area contributed by atoms with Crippen molar-refractivity contribution in [3.8, 4) is 0 Å². The van der Waals surface area contributed by atoms with E-state index in [0.717, 1.165) is 12.3 Å². The Kier molecular flexibility index (Phi) is 2.48. The quantitative estimate of drug-likeness (QED) is 0.424. The molecule has 2 nitrogen and oxygen atoms in total. The van der Waals surface area contributed by atoms with E-state index in [9.17, 15) is 4.79 Å². The van der Waals surface area contributed by atoms with Gasteiger partial charge in [0, 0.05) is 5.57 Å². The first-order valence-corrected chi connectivity index (χ1v) is 6.96. The van der Waals surface area contributed by atoms with Crippen LogP contribution in [0.15, 0.2) is 23.8 Å². The minimum atomic E-state index is -0.215. The number of methoxy groups -OCH3 is 1. The second kappa shape index (κ2) is 3.72. The third kappa shape index (κ3) is 1.44. The van der Waals surface area contributed by atoms with Crippen LogP contribution in [0.1, 0.15) is 33.1 Å². The van der Waals surface area contributed by atoms with Gasteiger partial charge in [0.15, 0.2) is 0 Å². The van der Waals surface area contributed by atoms with Crippen LogP contribution in [0.2, 0.25) is 0 Å². The number of fused-ring (bicyclic) bond motifs is 3. The van der Waals surface area contributed by atoms with Gasteiger partial charge in [-0.15, -0.1) is 0 Å². The number of esters is 1. The van der Waals surface area contributed by atoms with Gasteiger partial charge >= 0.3 is 5.97 Å². The first kappa shape index (κ1) is 12.0. The number of hydrogen-bond donors (Lipinski definition) is 0. The lowest BCUT2D eigenvalue weighted by Gasteiger charge is -2.35. The summed E-state index contributed by atoms with van der Waals surface area (Å²) in [4.78, 5) is 11.7. The van der Waals surface area contributed by atoms with Crippen molar-refractivity contribution in [3.05, 3.63) is 23.8 Å². The Morgan fingerprint density at radius 2 is 2.28 bits per heavy atom. The van der Waals surface area contributed by atoms with Gasteiger partial charge in [-0.25, -0.2) is 4.79 Å². The van der Waals surface area contributed by atoms with Gasteiger partial charge < -0.3 is 4.74 Å². The van der Waals surface area contributed by atoms with Crippen molar-refractivity contribution >= 4 is 5.97 Å². The summed E-state index contributed by atoms with van der Waals surface area (Å²) < 4.78 is 4.85. The van der Waals surface area contributed by atoms with E-state index < -0.39 is 0 Å². The number of carbonyl (C=O) groups is 1. The van der Waals surface area contributed by atoms with E-state index in [2.05, 4.69) is 26.5 Å². The fraction of sp³-hybridized carbons (Fsp3) is 0.688. The Morgan fingerprint density at radius 3 is 2.94 bits per heavy atom. The molecule has 3 rings (SSSR count). The van der Waals surface area contributed by atoms with Crippen molar-refractivity contribution in [1.82, 2.24) is 0 Å². The van der Waals surface area contributed by atoms with E-state index in [1.807, 2.05) is 0 Å². The molecule has 2 fully saturated rings. The van der Waals surface area contributed by atoms with Gasteiger partial charge in [-0.05, 0) is 48.3 Å². The van der Waals surface area contributed by atoms with Gasteiger partial charge in [0.05, 0.1) is 7.11 Å². The summed E-state index contributed by atoms with van der Waals surface area (Å²) >= 11 is 0. The highest BCUT2D eigenvalue weighted by molar-refractivity contribution is 5.88. The monoisotopic (exact) mass is 246 g/mol. The Labute approximate surface area is 109 Å². The third-order valence-corrected chi connectivity index (χ3v) is 5.65. The van der Waals surface area contributed by atoms with Crippen molar-refractivity contribution in [3.63, 3.8) is 0 Å². The summed E-state index contributed by atoms with van der Waals surface area (Å²) in [5, 5.41) is 0. The Balaban J connectivity index is 1.86. The maximum Gasteiger partial charge on any atom is 0.333 e. The molecular weight excluding hydrogens is 224 g/mol. The SMILES string of the molecule is C=C(C(=O)OC)[C@H]1C[C@@H]2C(=CC[C@H]2C)[C@]2(C)C[C@H]12. The molecule has 0 unspecified atom stereocenters. The molecule has 0 aromatic rings. The Morgan fingerprint density at radius 1 is 1.56 bits per heavy atom. The number of allylic oxidation sites excluding steroid dienone is 2. The highest BCUT2D eigenvalue weighted by atomic mass is 16.5. The van der Waals surface area contributed by atoms with Crippen LogP contribution in [0.4, 0.5) is 0 Å². The second-order valence-corrected chi connectivity index (χ2v) is 6.57. The van der Waals surface area contributed by atoms with E-state index in [-0.39, 0.29) is 5.97 Å². The van der Waals surface area contributed by atoms with Gasteiger partial charge in [-0.1, -0.05) is 32.1 Å². The maximum absolute atomic E-state index is 11.7. The van der Waals surface area contributed by atoms with Crippen LogP contribution in [-0.2, 0) is 9.53 Å². The zero-order valence-corrected chi connectivity index (χ0v) is 11.5. The predicted octanol–water partition coefficient (Wildman–Crippen LogP) is 3.34. The minimum absolute atomic E-state index is 0.215. The molecule has 3 aliphatic carbocycles. The molecule has 3 aliphatic rings. The average molecular weight is 246 g/mol. The minimum Gasteiger partial charge on any atom is -0.466 e. The average Bonchev–Trinajstić information content (AvgIpc) is 2.92. The summed E-state index contributed by atoms with van der Waals surface area (Å²) in [7, 11) is 1.45. The lowest BCUT2D eigenvalue weighted by Crippen LogP contribution is -2.29. The highest BCUT2D eigenvalue weighted by Crippen LogP contribution is 2.70. The molecule has 0 saturated heterocycles. The molecule has 0 N–H and O–H groups in total. The summed E-state index contributed by atoms with van der Waals surface area (Å²) in [5.41, 5.74) is 2.73. The Bertz CT molecular complexity index is 448. The molecule has 2 heteroatoms. The molecule has 0 spiro atoms. The lowest BCUT2D eigenvalue weighted by molar-refractivity contribution is -0.137. The number of carbonyl (C=O) groups excluding carboxylic acids is 1. The smallest absolute Gasteiger partial charge is 0.333 e. The molecule has 2 saturated carbocycles. The van der Waals surface area contributed by atoms with Crippen LogP contribution < -0.4 is 0 Å². The molecule has 98 valence electrons. The van der Waals surface area contributed by atoms with Crippen LogP contribution in [0.5, 0.6) is 0 Å². The van der Waals surface area contributed by atoms with E-state index >= 15 is 0 Å². The van der Waals surface area contributed by atoms with Gasteiger partial charge in [0.1, 0.15) is 0 Å². The Hall–Kier alpha value is -1.05. The zero-order chi connectivity index (χ0) is 13.1. The molecule has 18 heavy (non-hydrogen) atoms. The van der Waals surface area contributed by atoms with Crippen molar-refractivity contribution in [2.45, 2.75) is 33.1 Å². The number of hydrogen-bond acceptors (Lipinski definition) is 2. The first-order valence-electron chi connectivity index (χ1n) is 6.96. The van der Waals surface area contributed by atoms with Crippen LogP contribution in [0.3, 0.4) is 0 Å². The van der Waals surface area contributed by atoms with Crippen LogP contribution in [0.25, 0.3) is 0 Å². The van der Waals surface area contributed by atoms with Crippen LogP contribution in [-0.4, -0.2) is 13.1 Å². The molecule has 0 aromatic carbocycles. The van der Waals surface area contributed by atoms with Crippen molar-refractivity contribution in [2.24, 2.45) is 29.1 Å². The molecule has 0 aliphatic heterocycles. The van der Waals surface area contributed by atoms with Crippen LogP contribution in [0, 0.1) is 29.1 Å². The molecule has 0 aromatic heterocycles.